The Morgan fingerprint density at radius 3 is 2.79 bits per heavy atom. The fourth-order valence-corrected chi connectivity index (χ4v) is 3.30. The third-order valence-corrected chi connectivity index (χ3v) is 4.62. The lowest BCUT2D eigenvalue weighted by atomic mass is 9.86. The summed E-state index contributed by atoms with van der Waals surface area (Å²) in [6, 6.07) is 7.09. The smallest absolute Gasteiger partial charge is 0.0471 e. The lowest BCUT2D eigenvalue weighted by Gasteiger charge is -2.35. The van der Waals surface area contributed by atoms with Crippen molar-refractivity contribution in [1.29, 1.82) is 0 Å². The Hall–Kier alpha value is -0.730. The zero-order chi connectivity index (χ0) is 13.8. The van der Waals surface area contributed by atoms with E-state index in [1.165, 1.54) is 36.9 Å². The Labute approximate surface area is 122 Å². The van der Waals surface area contributed by atoms with Crippen molar-refractivity contribution in [3.05, 3.63) is 28.8 Å². The van der Waals surface area contributed by atoms with Crippen molar-refractivity contribution < 1.29 is 0 Å². The predicted molar refractivity (Wildman–Crippen MR) is 84.0 cm³/mol. The lowest BCUT2D eigenvalue weighted by Crippen LogP contribution is -2.35. The van der Waals surface area contributed by atoms with Crippen LogP contribution in [-0.4, -0.2) is 20.1 Å². The first-order valence-corrected chi connectivity index (χ1v) is 7.65. The van der Waals surface area contributed by atoms with E-state index in [0.717, 1.165) is 17.5 Å². The van der Waals surface area contributed by atoms with E-state index < -0.39 is 0 Å². The molecule has 0 heterocycles. The predicted octanol–water partition coefficient (Wildman–Crippen LogP) is 4.07. The van der Waals surface area contributed by atoms with Gasteiger partial charge in [-0.25, -0.2) is 0 Å². The molecule has 0 spiro atoms. The van der Waals surface area contributed by atoms with Crippen molar-refractivity contribution >= 4 is 17.3 Å². The molecule has 1 N–H and O–H groups in total. The molecule has 1 aliphatic rings. The van der Waals surface area contributed by atoms with Crippen LogP contribution in [0.1, 0.15) is 38.2 Å². The maximum absolute atomic E-state index is 6.35. The van der Waals surface area contributed by atoms with Crippen molar-refractivity contribution in [3.63, 3.8) is 0 Å². The summed E-state index contributed by atoms with van der Waals surface area (Å²) in [6.07, 6.45) is 5.33. The number of hydrogen-bond acceptors (Lipinski definition) is 2. The van der Waals surface area contributed by atoms with Gasteiger partial charge in [-0.15, -0.1) is 0 Å². The second-order valence-corrected chi connectivity index (χ2v) is 6.25. The second kappa shape index (κ2) is 6.62. The van der Waals surface area contributed by atoms with Gasteiger partial charge in [-0.2, -0.15) is 0 Å². The maximum Gasteiger partial charge on any atom is 0.0471 e. The molecule has 1 aliphatic carbocycles. The summed E-state index contributed by atoms with van der Waals surface area (Å²) in [5.41, 5.74) is 2.40. The minimum Gasteiger partial charge on any atom is -0.372 e. The van der Waals surface area contributed by atoms with Crippen molar-refractivity contribution in [2.75, 3.05) is 19.0 Å². The number of nitrogens with one attached hydrogen (secondary N) is 1. The molecule has 1 fully saturated rings. The molecule has 0 bridgehead atoms. The molecule has 2 nitrogen and oxygen atoms in total. The average Bonchev–Trinajstić information content (AvgIpc) is 2.40. The molecular weight excluding hydrogens is 256 g/mol. The van der Waals surface area contributed by atoms with Crippen LogP contribution in [0.2, 0.25) is 5.02 Å². The fraction of sp³-hybridized carbons (Fsp3) is 0.625. The first kappa shape index (κ1) is 14.7. The van der Waals surface area contributed by atoms with Gasteiger partial charge in [-0.1, -0.05) is 37.4 Å². The maximum atomic E-state index is 6.35. The van der Waals surface area contributed by atoms with Crippen LogP contribution in [0, 0.1) is 5.92 Å². The second-order valence-electron chi connectivity index (χ2n) is 5.84. The average molecular weight is 281 g/mol. The Balaban J connectivity index is 2.10. The van der Waals surface area contributed by atoms with Crippen molar-refractivity contribution in [3.8, 4) is 0 Å². The molecule has 0 aromatic heterocycles. The van der Waals surface area contributed by atoms with Crippen LogP contribution >= 0.6 is 11.6 Å². The van der Waals surface area contributed by atoms with E-state index in [1.807, 2.05) is 7.05 Å². The number of benzene rings is 1. The molecule has 1 saturated carbocycles. The molecule has 0 radical (unpaired) electrons. The molecule has 2 atom stereocenters. The van der Waals surface area contributed by atoms with Gasteiger partial charge in [0.1, 0.15) is 0 Å². The molecule has 106 valence electrons. The summed E-state index contributed by atoms with van der Waals surface area (Å²) in [5, 5.41) is 4.01. The largest absolute Gasteiger partial charge is 0.372 e. The zero-order valence-electron chi connectivity index (χ0n) is 12.2. The summed E-state index contributed by atoms with van der Waals surface area (Å²) in [4.78, 5) is 2.41. The van der Waals surface area contributed by atoms with Crippen LogP contribution in [0.3, 0.4) is 0 Å². The topological polar surface area (TPSA) is 15.3 Å². The van der Waals surface area contributed by atoms with Crippen LogP contribution in [0.15, 0.2) is 18.2 Å². The Morgan fingerprint density at radius 2 is 2.16 bits per heavy atom. The van der Waals surface area contributed by atoms with Gasteiger partial charge in [0.2, 0.25) is 0 Å². The highest BCUT2D eigenvalue weighted by atomic mass is 35.5. The Bertz CT molecular complexity index is 419. The third kappa shape index (κ3) is 3.64. The number of hydrogen-bond donors (Lipinski definition) is 1. The number of halogens is 1. The molecule has 2 rings (SSSR count). The minimum absolute atomic E-state index is 0.662. The summed E-state index contributed by atoms with van der Waals surface area (Å²) >= 11 is 6.35. The van der Waals surface area contributed by atoms with Crippen molar-refractivity contribution in [2.45, 2.75) is 45.2 Å². The van der Waals surface area contributed by atoms with Gasteiger partial charge in [0.15, 0.2) is 0 Å². The number of rotatable bonds is 4. The van der Waals surface area contributed by atoms with E-state index in [4.69, 9.17) is 11.6 Å². The quantitative estimate of drug-likeness (QED) is 0.894. The van der Waals surface area contributed by atoms with Gasteiger partial charge in [-0.05, 0) is 43.5 Å². The lowest BCUT2D eigenvalue weighted by molar-refractivity contribution is 0.336. The van der Waals surface area contributed by atoms with Gasteiger partial charge < -0.3 is 10.2 Å². The first-order valence-electron chi connectivity index (χ1n) is 7.27. The van der Waals surface area contributed by atoms with Gasteiger partial charge in [0.05, 0.1) is 0 Å². The van der Waals surface area contributed by atoms with Gasteiger partial charge in [0.25, 0.3) is 0 Å². The SMILES string of the molecule is CNCc1ccc(N(C)C2CCCC(C)C2)cc1Cl. The molecule has 1 aromatic carbocycles. The molecule has 0 amide bonds. The van der Waals surface area contributed by atoms with Crippen LogP contribution in [0.5, 0.6) is 0 Å². The Kier molecular flexibility index (Phi) is 5.12. The number of anilines is 1. The monoisotopic (exact) mass is 280 g/mol. The summed E-state index contributed by atoms with van der Waals surface area (Å²) in [6.45, 7) is 3.19. The van der Waals surface area contributed by atoms with Gasteiger partial charge >= 0.3 is 0 Å². The Morgan fingerprint density at radius 1 is 1.37 bits per heavy atom. The van der Waals surface area contributed by atoms with Crippen LogP contribution < -0.4 is 10.2 Å². The summed E-state index contributed by atoms with van der Waals surface area (Å²) in [5.74, 6) is 0.847. The highest BCUT2D eigenvalue weighted by Gasteiger charge is 2.22. The van der Waals surface area contributed by atoms with E-state index in [-0.39, 0.29) is 0 Å². The van der Waals surface area contributed by atoms with Crippen molar-refractivity contribution in [2.24, 2.45) is 5.92 Å². The third-order valence-electron chi connectivity index (χ3n) is 4.27. The summed E-state index contributed by atoms with van der Waals surface area (Å²) < 4.78 is 0. The van der Waals surface area contributed by atoms with Crippen LogP contribution in [0.4, 0.5) is 5.69 Å². The van der Waals surface area contributed by atoms with E-state index in [2.05, 4.69) is 42.4 Å². The molecule has 19 heavy (non-hydrogen) atoms. The normalized spacial score (nSPS) is 23.4. The van der Waals surface area contributed by atoms with E-state index in [1.54, 1.807) is 0 Å². The molecule has 2 unspecified atom stereocenters. The zero-order valence-corrected chi connectivity index (χ0v) is 13.0. The van der Waals surface area contributed by atoms with Gasteiger partial charge in [-0.3, -0.25) is 0 Å². The van der Waals surface area contributed by atoms with Crippen LogP contribution in [0.25, 0.3) is 0 Å². The molecule has 3 heteroatoms. The summed E-state index contributed by atoms with van der Waals surface area (Å²) in [7, 11) is 4.14. The minimum atomic E-state index is 0.662. The highest BCUT2D eigenvalue weighted by molar-refractivity contribution is 6.31. The van der Waals surface area contributed by atoms with E-state index in [9.17, 15) is 0 Å². The van der Waals surface area contributed by atoms with Crippen molar-refractivity contribution in [1.82, 2.24) is 5.32 Å². The molecular formula is C16H25ClN2. The molecule has 0 aliphatic heterocycles. The number of nitrogens with zero attached hydrogens (tertiary/aromatic N) is 1. The highest BCUT2D eigenvalue weighted by Crippen LogP contribution is 2.31. The van der Waals surface area contributed by atoms with E-state index in [0.29, 0.717) is 6.04 Å². The standard InChI is InChI=1S/C16H25ClN2/c1-12-5-4-6-14(9-12)19(3)15-8-7-13(11-18-2)16(17)10-15/h7-8,10,12,14,18H,4-6,9,11H2,1-3H3. The fourth-order valence-electron chi connectivity index (χ4n) is 3.05. The van der Waals surface area contributed by atoms with E-state index >= 15 is 0 Å². The molecule has 0 saturated heterocycles. The van der Waals surface area contributed by atoms with Crippen LogP contribution in [-0.2, 0) is 6.54 Å². The van der Waals surface area contributed by atoms with Gasteiger partial charge in [0, 0.05) is 30.3 Å². The first-order chi connectivity index (χ1) is 9.11. The molecule has 1 aromatic rings.